The minimum atomic E-state index is 0.213. The van der Waals surface area contributed by atoms with Crippen molar-refractivity contribution in [1.82, 2.24) is 4.57 Å². The Morgan fingerprint density at radius 3 is 1.34 bits per heavy atom. The number of rotatable bonds is 13. The summed E-state index contributed by atoms with van der Waals surface area (Å²) in [6.45, 7) is 12.8. The molecule has 0 spiro atoms. The predicted molar refractivity (Wildman–Crippen MR) is 298 cm³/mol. The quantitative estimate of drug-likeness (QED) is 0.114. The van der Waals surface area contributed by atoms with Gasteiger partial charge in [-0.15, -0.1) is 0 Å². The minimum absolute atomic E-state index is 0.213. The average Bonchev–Trinajstić information content (AvgIpc) is 3.70. The van der Waals surface area contributed by atoms with Gasteiger partial charge in [0.15, 0.2) is 0 Å². The van der Waals surface area contributed by atoms with Crippen molar-refractivity contribution in [2.45, 2.75) is 96.3 Å². The van der Waals surface area contributed by atoms with Crippen molar-refractivity contribution in [2.24, 2.45) is 11.8 Å². The van der Waals surface area contributed by atoms with Crippen LogP contribution in [-0.2, 0) is 17.3 Å². The van der Waals surface area contributed by atoms with Gasteiger partial charge in [0.1, 0.15) is 0 Å². The van der Waals surface area contributed by atoms with Gasteiger partial charge in [0.2, 0.25) is 0 Å². The molecule has 9 aromatic rings. The standard InChI is InChI=1S/C67H65N3/c1-6-8-9-50-18-30-57(31-19-50)69(58-32-22-54(23-33-58)67-43-51-38-52(44-67)42-66(41-51,45-67)53-20-16-49(7-2)17-21-53)61-35-37-65-63(40-61)62-39-60(34-36-64(62)70(65)59-28-14-48(5)15-29-59)68(55-24-10-46(3)11-25-55)56-26-12-47(4)13-27-56/h7,10-37,39-40,51-52H,2,6,8-9,38,41-45H2,1,3-5H3. The van der Waals surface area contributed by atoms with Gasteiger partial charge in [-0.2, -0.15) is 0 Å². The summed E-state index contributed by atoms with van der Waals surface area (Å²) in [4.78, 5) is 4.90. The van der Waals surface area contributed by atoms with Crippen molar-refractivity contribution in [3.8, 4) is 5.69 Å². The van der Waals surface area contributed by atoms with Crippen LogP contribution in [0, 0.1) is 32.6 Å². The molecule has 4 saturated carbocycles. The molecule has 0 saturated heterocycles. The molecule has 3 heteroatoms. The minimum Gasteiger partial charge on any atom is -0.310 e. The summed E-state index contributed by atoms with van der Waals surface area (Å²) >= 11 is 0. The van der Waals surface area contributed by atoms with E-state index in [1.807, 2.05) is 6.08 Å². The predicted octanol–water partition coefficient (Wildman–Crippen LogP) is 18.4. The maximum Gasteiger partial charge on any atom is 0.0542 e. The van der Waals surface area contributed by atoms with E-state index in [4.69, 9.17) is 0 Å². The summed E-state index contributed by atoms with van der Waals surface area (Å²) < 4.78 is 2.45. The van der Waals surface area contributed by atoms with Gasteiger partial charge in [0.25, 0.3) is 0 Å². The molecule has 4 bridgehead atoms. The molecule has 4 aliphatic rings. The summed E-state index contributed by atoms with van der Waals surface area (Å²) in [6.07, 6.45) is 13.4. The summed E-state index contributed by atoms with van der Waals surface area (Å²) in [6, 6.07) is 69.7. The number of aryl methyl sites for hydroxylation is 4. The lowest BCUT2D eigenvalue weighted by molar-refractivity contribution is -0.0281. The molecule has 0 radical (unpaired) electrons. The SMILES string of the molecule is C=Cc1ccc(C23CC4CC(C2)CC(c2ccc(N(c5ccc(CCCC)cc5)c5ccc6c(c5)c5cc(N(c7ccc(C)cc7)c7ccc(C)cc7)ccc5n6-c5ccc(C)cc5)cc2)(C4)C3)cc1. The third-order valence-electron chi connectivity index (χ3n) is 16.7. The first-order valence-electron chi connectivity index (χ1n) is 26.0. The molecule has 1 heterocycles. The van der Waals surface area contributed by atoms with E-state index in [1.165, 1.54) is 118 Å². The smallest absolute Gasteiger partial charge is 0.0542 e. The van der Waals surface area contributed by atoms with Crippen LogP contribution in [0.5, 0.6) is 0 Å². The fraction of sp³-hybridized carbons (Fsp3) is 0.254. The highest BCUT2D eigenvalue weighted by molar-refractivity contribution is 6.12. The van der Waals surface area contributed by atoms with E-state index < -0.39 is 0 Å². The lowest BCUT2D eigenvalue weighted by Gasteiger charge is -2.63. The lowest BCUT2D eigenvalue weighted by Crippen LogP contribution is -2.55. The van der Waals surface area contributed by atoms with Gasteiger partial charge in [0, 0.05) is 50.6 Å². The van der Waals surface area contributed by atoms with Crippen LogP contribution in [0.1, 0.15) is 97.2 Å². The molecule has 8 aromatic carbocycles. The van der Waals surface area contributed by atoms with Gasteiger partial charge in [-0.1, -0.05) is 128 Å². The molecule has 0 N–H and O–H groups in total. The van der Waals surface area contributed by atoms with Gasteiger partial charge in [-0.25, -0.2) is 0 Å². The number of hydrogen-bond donors (Lipinski definition) is 0. The van der Waals surface area contributed by atoms with Gasteiger partial charge in [-0.05, 0) is 214 Å². The Morgan fingerprint density at radius 2 is 0.900 bits per heavy atom. The monoisotopic (exact) mass is 912 g/mol. The van der Waals surface area contributed by atoms with Crippen LogP contribution in [0.4, 0.5) is 34.1 Å². The summed E-state index contributed by atoms with van der Waals surface area (Å²) in [7, 11) is 0. The first-order chi connectivity index (χ1) is 34.2. The largest absolute Gasteiger partial charge is 0.310 e. The van der Waals surface area contributed by atoms with Crippen molar-refractivity contribution >= 4 is 62.0 Å². The van der Waals surface area contributed by atoms with E-state index >= 15 is 0 Å². The molecule has 348 valence electrons. The molecular weight excluding hydrogens is 847 g/mol. The molecule has 2 unspecified atom stereocenters. The maximum atomic E-state index is 4.04. The van der Waals surface area contributed by atoms with Gasteiger partial charge in [0.05, 0.1) is 11.0 Å². The van der Waals surface area contributed by atoms with Gasteiger partial charge in [-0.3, -0.25) is 0 Å². The second-order valence-electron chi connectivity index (χ2n) is 21.6. The van der Waals surface area contributed by atoms with Crippen molar-refractivity contribution in [3.05, 3.63) is 228 Å². The Hall–Kier alpha value is -7.10. The average molecular weight is 912 g/mol. The van der Waals surface area contributed by atoms with E-state index in [9.17, 15) is 0 Å². The first kappa shape index (κ1) is 44.1. The number of anilines is 6. The number of fused-ring (bicyclic) bond motifs is 3. The van der Waals surface area contributed by atoms with Crippen molar-refractivity contribution in [1.29, 1.82) is 0 Å². The number of unbranched alkanes of at least 4 members (excludes halogenated alkanes) is 1. The molecule has 3 nitrogen and oxygen atoms in total. The fourth-order valence-corrected chi connectivity index (χ4v) is 13.6. The highest BCUT2D eigenvalue weighted by atomic mass is 15.1. The van der Waals surface area contributed by atoms with E-state index in [1.54, 1.807) is 5.56 Å². The Labute approximate surface area is 415 Å². The zero-order valence-electron chi connectivity index (χ0n) is 41.5. The van der Waals surface area contributed by atoms with E-state index in [-0.39, 0.29) is 10.8 Å². The third kappa shape index (κ3) is 7.84. The maximum absolute atomic E-state index is 4.04. The summed E-state index contributed by atoms with van der Waals surface area (Å²) in [5.74, 6) is 1.58. The zero-order valence-corrected chi connectivity index (χ0v) is 41.5. The normalized spacial score (nSPS) is 20.3. The van der Waals surface area contributed by atoms with E-state index in [0.717, 1.165) is 46.7 Å². The highest BCUT2D eigenvalue weighted by Crippen LogP contribution is 2.66. The number of benzene rings is 8. The van der Waals surface area contributed by atoms with Crippen LogP contribution >= 0.6 is 0 Å². The molecule has 0 amide bonds. The fourth-order valence-electron chi connectivity index (χ4n) is 13.6. The van der Waals surface area contributed by atoms with E-state index in [0.29, 0.717) is 0 Å². The summed E-state index contributed by atoms with van der Waals surface area (Å²) in [5.41, 5.74) is 20.4. The van der Waals surface area contributed by atoms with Crippen molar-refractivity contribution < 1.29 is 0 Å². The molecule has 4 fully saturated rings. The summed E-state index contributed by atoms with van der Waals surface area (Å²) in [5, 5.41) is 2.45. The zero-order chi connectivity index (χ0) is 47.6. The second kappa shape index (κ2) is 17.7. The van der Waals surface area contributed by atoms with Crippen LogP contribution < -0.4 is 9.80 Å². The van der Waals surface area contributed by atoms with Crippen LogP contribution in [0.2, 0.25) is 0 Å². The van der Waals surface area contributed by atoms with Gasteiger partial charge >= 0.3 is 0 Å². The second-order valence-corrected chi connectivity index (χ2v) is 21.6. The Balaban J connectivity index is 0.994. The highest BCUT2D eigenvalue weighted by Gasteiger charge is 2.58. The molecule has 2 atom stereocenters. The Morgan fingerprint density at radius 1 is 0.500 bits per heavy atom. The molecule has 13 rings (SSSR count). The molecule has 70 heavy (non-hydrogen) atoms. The van der Waals surface area contributed by atoms with E-state index in [2.05, 4.69) is 231 Å². The van der Waals surface area contributed by atoms with Crippen molar-refractivity contribution in [2.75, 3.05) is 9.80 Å². The van der Waals surface area contributed by atoms with Gasteiger partial charge < -0.3 is 14.4 Å². The molecule has 1 aromatic heterocycles. The molecular formula is C67H65N3. The Bertz CT molecular complexity index is 3280. The van der Waals surface area contributed by atoms with Crippen LogP contribution in [0.25, 0.3) is 33.6 Å². The number of aromatic nitrogens is 1. The topological polar surface area (TPSA) is 11.4 Å². The number of nitrogens with zero attached hydrogens (tertiary/aromatic N) is 3. The van der Waals surface area contributed by atoms with Crippen LogP contribution in [0.3, 0.4) is 0 Å². The molecule has 0 aliphatic heterocycles. The van der Waals surface area contributed by atoms with Crippen molar-refractivity contribution in [3.63, 3.8) is 0 Å². The van der Waals surface area contributed by atoms with Crippen LogP contribution in [0.15, 0.2) is 189 Å². The first-order valence-corrected chi connectivity index (χ1v) is 26.0. The number of hydrogen-bond acceptors (Lipinski definition) is 2. The third-order valence-corrected chi connectivity index (χ3v) is 16.7. The Kier molecular flexibility index (Phi) is 11.2. The van der Waals surface area contributed by atoms with Crippen LogP contribution in [-0.4, -0.2) is 4.57 Å². The molecule has 4 aliphatic carbocycles. The lowest BCUT2D eigenvalue weighted by atomic mass is 9.42.